The minimum absolute atomic E-state index is 0.00521. The van der Waals surface area contributed by atoms with Gasteiger partial charge >= 0.3 is 0 Å². The van der Waals surface area contributed by atoms with Crippen LogP contribution in [0, 0.1) is 11.6 Å². The number of benzene rings is 2. The molecule has 0 bridgehead atoms. The van der Waals surface area contributed by atoms with Gasteiger partial charge in [0.1, 0.15) is 11.6 Å². The summed E-state index contributed by atoms with van der Waals surface area (Å²) in [5.41, 5.74) is 5.78. The fourth-order valence-corrected chi connectivity index (χ4v) is 2.33. The highest BCUT2D eigenvalue weighted by Crippen LogP contribution is 2.16. The Morgan fingerprint density at radius 1 is 0.893 bits per heavy atom. The Morgan fingerprint density at radius 3 is 2.18 bits per heavy atom. The summed E-state index contributed by atoms with van der Waals surface area (Å²) in [7, 11) is 0. The molecule has 0 saturated heterocycles. The monoisotopic (exact) mass is 386 g/mol. The zero-order valence-electron chi connectivity index (χ0n) is 14.6. The van der Waals surface area contributed by atoms with Crippen LogP contribution >= 0.6 is 0 Å². The molecule has 0 aliphatic rings. The number of nitrogens with one attached hydrogen (secondary N) is 2. The molecule has 0 saturated carbocycles. The van der Waals surface area contributed by atoms with E-state index in [4.69, 9.17) is 4.52 Å². The molecule has 3 rings (SSSR count). The summed E-state index contributed by atoms with van der Waals surface area (Å²) < 4.78 is 30.8. The largest absolute Gasteiger partial charge is 0.339 e. The lowest BCUT2D eigenvalue weighted by Crippen LogP contribution is -2.42. The molecule has 0 radical (unpaired) electrons. The number of hydrogen-bond acceptors (Lipinski definition) is 5. The zero-order chi connectivity index (χ0) is 19.9. The van der Waals surface area contributed by atoms with Crippen molar-refractivity contribution in [3.8, 4) is 11.4 Å². The molecule has 0 spiro atoms. The summed E-state index contributed by atoms with van der Waals surface area (Å²) in [5, 5.41) is 3.78. The zero-order valence-corrected chi connectivity index (χ0v) is 14.6. The van der Waals surface area contributed by atoms with E-state index >= 15 is 0 Å². The molecule has 1 heterocycles. The minimum atomic E-state index is -0.436. The van der Waals surface area contributed by atoms with Gasteiger partial charge in [-0.05, 0) is 42.0 Å². The minimum Gasteiger partial charge on any atom is -0.339 e. The molecule has 3 aromatic rings. The second-order valence-electron chi connectivity index (χ2n) is 5.92. The first-order valence-electron chi connectivity index (χ1n) is 8.40. The van der Waals surface area contributed by atoms with Crippen molar-refractivity contribution < 1.29 is 22.9 Å². The van der Waals surface area contributed by atoms with Gasteiger partial charge < -0.3 is 4.52 Å². The molecule has 0 aliphatic heterocycles. The second-order valence-corrected chi connectivity index (χ2v) is 5.92. The van der Waals surface area contributed by atoms with E-state index in [1.54, 1.807) is 0 Å². The van der Waals surface area contributed by atoms with Crippen molar-refractivity contribution in [1.82, 2.24) is 21.0 Å². The van der Waals surface area contributed by atoms with Gasteiger partial charge in [0.05, 0.1) is 6.42 Å². The first-order valence-corrected chi connectivity index (χ1v) is 8.40. The van der Waals surface area contributed by atoms with Crippen molar-refractivity contribution in [2.24, 2.45) is 0 Å². The number of hydrogen-bond donors (Lipinski definition) is 2. The van der Waals surface area contributed by atoms with Gasteiger partial charge in [-0.2, -0.15) is 4.98 Å². The van der Waals surface area contributed by atoms with Crippen LogP contribution in [0.5, 0.6) is 0 Å². The first-order chi connectivity index (χ1) is 13.5. The quantitative estimate of drug-likeness (QED) is 0.634. The lowest BCUT2D eigenvalue weighted by Gasteiger charge is -2.06. The Morgan fingerprint density at radius 2 is 1.50 bits per heavy atom. The van der Waals surface area contributed by atoms with Crippen molar-refractivity contribution in [2.75, 3.05) is 0 Å². The average molecular weight is 386 g/mol. The number of aryl methyl sites for hydroxylation is 1. The Bertz CT molecular complexity index is 956. The van der Waals surface area contributed by atoms with Crippen molar-refractivity contribution in [2.45, 2.75) is 19.3 Å². The summed E-state index contributed by atoms with van der Waals surface area (Å²) >= 11 is 0. The van der Waals surface area contributed by atoms with Crippen molar-refractivity contribution in [3.63, 3.8) is 0 Å². The fourth-order valence-electron chi connectivity index (χ4n) is 2.33. The summed E-state index contributed by atoms with van der Waals surface area (Å²) in [6, 6.07) is 11.1. The third-order valence-electron chi connectivity index (χ3n) is 3.76. The molecule has 0 fully saturated rings. The summed E-state index contributed by atoms with van der Waals surface area (Å²) in [6.45, 7) is 0. The van der Waals surface area contributed by atoms with Gasteiger partial charge in [-0.1, -0.05) is 17.3 Å². The van der Waals surface area contributed by atoms with Gasteiger partial charge in [-0.25, -0.2) is 8.78 Å². The Hall–Kier alpha value is -3.62. The van der Waals surface area contributed by atoms with Crippen LogP contribution in [0.1, 0.15) is 17.9 Å². The number of amides is 2. The van der Waals surface area contributed by atoms with Gasteiger partial charge in [0, 0.05) is 18.4 Å². The van der Waals surface area contributed by atoms with Crippen LogP contribution in [0.3, 0.4) is 0 Å². The summed E-state index contributed by atoms with van der Waals surface area (Å²) in [4.78, 5) is 27.7. The summed E-state index contributed by atoms with van der Waals surface area (Å²) in [6.07, 6.45) is 0.195. The predicted octanol–water partition coefficient (Wildman–Crippen LogP) is 2.34. The van der Waals surface area contributed by atoms with Crippen LogP contribution in [-0.2, 0) is 22.4 Å². The van der Waals surface area contributed by atoms with Gasteiger partial charge in [-0.3, -0.25) is 20.4 Å². The van der Waals surface area contributed by atoms with Crippen molar-refractivity contribution >= 4 is 11.8 Å². The SMILES string of the molecule is O=C(CCc1nc(-c2ccc(F)cc2)no1)NNC(=O)Cc1ccc(F)cc1. The maximum absolute atomic E-state index is 12.9. The van der Waals surface area contributed by atoms with E-state index in [1.165, 1.54) is 48.5 Å². The highest BCUT2D eigenvalue weighted by Gasteiger charge is 2.11. The highest BCUT2D eigenvalue weighted by atomic mass is 19.1. The molecular formula is C19H16F2N4O3. The number of hydrazine groups is 1. The van der Waals surface area contributed by atoms with E-state index in [0.29, 0.717) is 17.0 Å². The lowest BCUT2D eigenvalue weighted by molar-refractivity contribution is -0.128. The van der Waals surface area contributed by atoms with Crippen LogP contribution in [0.4, 0.5) is 8.78 Å². The third-order valence-corrected chi connectivity index (χ3v) is 3.76. The van der Waals surface area contributed by atoms with Crippen molar-refractivity contribution in [1.29, 1.82) is 0 Å². The van der Waals surface area contributed by atoms with Gasteiger partial charge in [-0.15, -0.1) is 0 Å². The maximum Gasteiger partial charge on any atom is 0.242 e. The number of rotatable bonds is 6. The van der Waals surface area contributed by atoms with Gasteiger partial charge in [0.25, 0.3) is 0 Å². The van der Waals surface area contributed by atoms with Crippen LogP contribution < -0.4 is 10.9 Å². The maximum atomic E-state index is 12.9. The average Bonchev–Trinajstić information content (AvgIpc) is 3.16. The number of nitrogens with zero attached hydrogens (tertiary/aromatic N) is 2. The van der Waals surface area contributed by atoms with E-state index in [1.807, 2.05) is 0 Å². The number of carbonyl (C=O) groups is 2. The van der Waals surface area contributed by atoms with Crippen LogP contribution in [0.15, 0.2) is 53.1 Å². The molecule has 7 nitrogen and oxygen atoms in total. The molecule has 28 heavy (non-hydrogen) atoms. The molecular weight excluding hydrogens is 370 g/mol. The van der Waals surface area contributed by atoms with E-state index in [9.17, 15) is 18.4 Å². The van der Waals surface area contributed by atoms with E-state index < -0.39 is 11.8 Å². The Balaban J connectivity index is 1.42. The summed E-state index contributed by atoms with van der Waals surface area (Å²) in [5.74, 6) is -1.09. The van der Waals surface area contributed by atoms with Crippen molar-refractivity contribution in [3.05, 3.63) is 71.6 Å². The second kappa shape index (κ2) is 8.85. The molecule has 2 N–H and O–H groups in total. The number of carbonyl (C=O) groups excluding carboxylic acids is 2. The first kappa shape index (κ1) is 19.2. The molecule has 0 aliphatic carbocycles. The topological polar surface area (TPSA) is 97.1 Å². The van der Waals surface area contributed by atoms with Crippen LogP contribution in [0.2, 0.25) is 0 Å². The molecule has 2 amide bonds. The predicted molar refractivity (Wildman–Crippen MR) is 94.4 cm³/mol. The van der Waals surface area contributed by atoms with Crippen LogP contribution in [0.25, 0.3) is 11.4 Å². The molecule has 9 heteroatoms. The standard InChI is InChI=1S/C19H16F2N4O3/c20-14-5-1-12(2-6-14)11-17(27)24-23-16(26)9-10-18-22-19(25-28-18)13-3-7-15(21)8-4-13/h1-8H,9-11H2,(H,23,26)(H,24,27). The Labute approximate surface area is 158 Å². The molecule has 2 aromatic carbocycles. The fraction of sp³-hybridized carbons (Fsp3) is 0.158. The van der Waals surface area contributed by atoms with Gasteiger partial charge in [0.2, 0.25) is 23.5 Å². The third kappa shape index (κ3) is 5.44. The molecule has 0 atom stereocenters. The Kier molecular flexibility index (Phi) is 6.05. The normalized spacial score (nSPS) is 10.5. The number of halogens is 2. The molecule has 144 valence electrons. The number of aromatic nitrogens is 2. The van der Waals surface area contributed by atoms with E-state index in [2.05, 4.69) is 21.0 Å². The highest BCUT2D eigenvalue weighted by molar-refractivity contribution is 5.83. The lowest BCUT2D eigenvalue weighted by atomic mass is 10.1. The van der Waals surface area contributed by atoms with Gasteiger partial charge in [0.15, 0.2) is 0 Å². The van der Waals surface area contributed by atoms with Crippen LogP contribution in [-0.4, -0.2) is 22.0 Å². The molecule has 0 unspecified atom stereocenters. The van der Waals surface area contributed by atoms with E-state index in [-0.39, 0.29) is 36.8 Å². The van der Waals surface area contributed by atoms with E-state index in [0.717, 1.165) is 0 Å². The smallest absolute Gasteiger partial charge is 0.242 e. The molecule has 1 aromatic heterocycles.